The molecule has 0 aromatic carbocycles. The monoisotopic (exact) mass is 284 g/mol. The predicted molar refractivity (Wildman–Crippen MR) is 69.5 cm³/mol. The van der Waals surface area contributed by atoms with E-state index in [1.165, 1.54) is 29.8 Å². The first-order chi connectivity index (χ1) is 8.49. The highest BCUT2D eigenvalue weighted by atomic mass is 32.2. The first-order valence-electron chi connectivity index (χ1n) is 5.09. The van der Waals surface area contributed by atoms with Crippen molar-refractivity contribution in [3.63, 3.8) is 0 Å². The van der Waals surface area contributed by atoms with E-state index in [4.69, 9.17) is 5.73 Å². The van der Waals surface area contributed by atoms with Crippen LogP contribution < -0.4 is 10.5 Å². The summed E-state index contributed by atoms with van der Waals surface area (Å²) >= 11 is 1.40. The second kappa shape index (κ2) is 5.01. The fraction of sp³-hybridized carbons (Fsp3) is 0.200. The molecule has 2 aromatic heterocycles. The summed E-state index contributed by atoms with van der Waals surface area (Å²) < 4.78 is 26.4. The summed E-state index contributed by atoms with van der Waals surface area (Å²) in [6.45, 7) is 2.00. The fourth-order valence-electron chi connectivity index (χ4n) is 1.33. The highest BCUT2D eigenvalue weighted by Crippen LogP contribution is 2.16. The average Bonchev–Trinajstić information content (AvgIpc) is 2.73. The van der Waals surface area contributed by atoms with Gasteiger partial charge in [0.2, 0.25) is 10.0 Å². The van der Waals surface area contributed by atoms with Crippen LogP contribution in [-0.2, 0) is 16.6 Å². The Bertz CT molecular complexity index is 651. The Balaban J connectivity index is 2.16. The van der Waals surface area contributed by atoms with Crippen LogP contribution in [0.1, 0.15) is 10.7 Å². The smallest absolute Gasteiger partial charge is 0.244 e. The van der Waals surface area contributed by atoms with Crippen LogP contribution in [0, 0.1) is 6.92 Å². The second-order valence-electron chi connectivity index (χ2n) is 3.62. The van der Waals surface area contributed by atoms with E-state index in [1.54, 1.807) is 0 Å². The number of nitrogens with one attached hydrogen (secondary N) is 1. The number of thiazole rings is 1. The van der Waals surface area contributed by atoms with Gasteiger partial charge in [-0.15, -0.1) is 11.3 Å². The van der Waals surface area contributed by atoms with Crippen molar-refractivity contribution in [1.82, 2.24) is 14.7 Å². The molecule has 0 aliphatic rings. The van der Waals surface area contributed by atoms with Crippen molar-refractivity contribution in [2.45, 2.75) is 18.4 Å². The van der Waals surface area contributed by atoms with Gasteiger partial charge in [-0.25, -0.2) is 18.1 Å². The zero-order valence-corrected chi connectivity index (χ0v) is 11.3. The van der Waals surface area contributed by atoms with Crippen LogP contribution in [0.2, 0.25) is 0 Å². The molecule has 6 nitrogen and oxygen atoms in total. The Morgan fingerprint density at radius 1 is 1.50 bits per heavy atom. The summed E-state index contributed by atoms with van der Waals surface area (Å²) in [4.78, 5) is 7.92. The van der Waals surface area contributed by atoms with Crippen molar-refractivity contribution in [3.8, 4) is 0 Å². The minimum absolute atomic E-state index is 0.0155. The quantitative estimate of drug-likeness (QED) is 0.869. The van der Waals surface area contributed by atoms with E-state index in [2.05, 4.69) is 14.7 Å². The summed E-state index contributed by atoms with van der Waals surface area (Å²) in [7, 11) is -3.65. The fourth-order valence-corrected chi connectivity index (χ4v) is 3.20. The molecule has 0 unspecified atom stereocenters. The minimum Gasteiger partial charge on any atom is -0.398 e. The van der Waals surface area contributed by atoms with Crippen LogP contribution in [0.15, 0.2) is 28.7 Å². The summed E-state index contributed by atoms with van der Waals surface area (Å²) in [6, 6.07) is 1.45. The van der Waals surface area contributed by atoms with Gasteiger partial charge in [0.1, 0.15) is 9.90 Å². The van der Waals surface area contributed by atoms with Crippen LogP contribution in [-0.4, -0.2) is 18.4 Å². The van der Waals surface area contributed by atoms with Crippen LogP contribution >= 0.6 is 11.3 Å². The molecule has 0 atom stereocenters. The number of nitrogens with two attached hydrogens (primary N) is 1. The maximum absolute atomic E-state index is 12.0. The highest BCUT2D eigenvalue weighted by molar-refractivity contribution is 7.89. The predicted octanol–water partition coefficient (Wildman–Crippen LogP) is 0.907. The first-order valence-corrected chi connectivity index (χ1v) is 7.45. The number of nitrogen functional groups attached to an aromatic ring is 1. The average molecular weight is 284 g/mol. The third kappa shape index (κ3) is 2.84. The normalized spacial score (nSPS) is 11.6. The second-order valence-corrected chi connectivity index (χ2v) is 6.30. The number of aryl methyl sites for hydroxylation is 1. The summed E-state index contributed by atoms with van der Waals surface area (Å²) in [5, 5.41) is 2.57. The highest BCUT2D eigenvalue weighted by Gasteiger charge is 2.17. The molecule has 0 amide bonds. The van der Waals surface area contributed by atoms with Crippen molar-refractivity contribution in [2.75, 3.05) is 5.73 Å². The maximum atomic E-state index is 12.0. The van der Waals surface area contributed by atoms with Crippen LogP contribution in [0.4, 0.5) is 5.69 Å². The molecule has 0 aliphatic heterocycles. The zero-order valence-electron chi connectivity index (χ0n) is 9.62. The van der Waals surface area contributed by atoms with Gasteiger partial charge in [0.05, 0.1) is 12.2 Å². The van der Waals surface area contributed by atoms with Gasteiger partial charge in [-0.3, -0.25) is 4.98 Å². The Morgan fingerprint density at radius 3 is 2.89 bits per heavy atom. The number of aromatic nitrogens is 2. The number of anilines is 1. The molecule has 18 heavy (non-hydrogen) atoms. The number of hydrogen-bond acceptors (Lipinski definition) is 6. The zero-order chi connectivity index (χ0) is 13.2. The van der Waals surface area contributed by atoms with Crippen LogP contribution in [0.5, 0.6) is 0 Å². The number of sulfonamides is 1. The van der Waals surface area contributed by atoms with Gasteiger partial charge in [-0.05, 0) is 13.0 Å². The van der Waals surface area contributed by atoms with E-state index >= 15 is 0 Å². The lowest BCUT2D eigenvalue weighted by atomic mass is 10.4. The van der Waals surface area contributed by atoms with Gasteiger partial charge >= 0.3 is 0 Å². The molecule has 2 aromatic rings. The largest absolute Gasteiger partial charge is 0.398 e. The van der Waals surface area contributed by atoms with E-state index in [-0.39, 0.29) is 17.1 Å². The van der Waals surface area contributed by atoms with Crippen molar-refractivity contribution in [3.05, 3.63) is 34.5 Å². The number of hydrogen-bond donors (Lipinski definition) is 2. The van der Waals surface area contributed by atoms with E-state index < -0.39 is 10.0 Å². The maximum Gasteiger partial charge on any atom is 0.244 e. The molecule has 0 saturated heterocycles. The summed E-state index contributed by atoms with van der Waals surface area (Å²) in [6.07, 6.45) is 2.67. The van der Waals surface area contributed by atoms with Crippen molar-refractivity contribution < 1.29 is 8.42 Å². The first kappa shape index (κ1) is 12.9. The number of pyridine rings is 1. The Hall–Kier alpha value is -1.51. The van der Waals surface area contributed by atoms with Crippen molar-refractivity contribution in [1.29, 1.82) is 0 Å². The third-order valence-corrected chi connectivity index (χ3v) is 4.60. The van der Waals surface area contributed by atoms with E-state index in [9.17, 15) is 8.42 Å². The van der Waals surface area contributed by atoms with Crippen LogP contribution in [0.3, 0.4) is 0 Å². The van der Waals surface area contributed by atoms with Gasteiger partial charge in [-0.2, -0.15) is 0 Å². The molecule has 0 spiro atoms. The Kier molecular flexibility index (Phi) is 3.60. The molecule has 0 aliphatic carbocycles. The van der Waals surface area contributed by atoms with Gasteiger partial charge in [0.15, 0.2) is 0 Å². The van der Waals surface area contributed by atoms with Crippen molar-refractivity contribution >= 4 is 27.0 Å². The topological polar surface area (TPSA) is 98.0 Å². The van der Waals surface area contributed by atoms with Crippen LogP contribution in [0.25, 0.3) is 0 Å². The lowest BCUT2D eigenvalue weighted by molar-refractivity contribution is 0.581. The molecule has 0 radical (unpaired) electrons. The molecule has 0 saturated carbocycles. The van der Waals surface area contributed by atoms with E-state index in [1.807, 2.05) is 12.3 Å². The minimum atomic E-state index is -3.65. The summed E-state index contributed by atoms with van der Waals surface area (Å²) in [5.41, 5.74) is 6.65. The van der Waals surface area contributed by atoms with Gasteiger partial charge in [0.25, 0.3) is 0 Å². The third-order valence-electron chi connectivity index (χ3n) is 2.19. The summed E-state index contributed by atoms with van der Waals surface area (Å²) in [5.74, 6) is 0. The van der Waals surface area contributed by atoms with Gasteiger partial charge in [-0.1, -0.05) is 0 Å². The van der Waals surface area contributed by atoms with E-state index in [0.717, 1.165) is 5.69 Å². The standard InChI is InChI=1S/C10H12N4O2S2/c1-7-6-17-10(14-7)5-13-18(15,16)9-4-12-3-2-8(9)11/h2-4,6,13H,5H2,1H3,(H2,11,12). The van der Waals surface area contributed by atoms with Crippen molar-refractivity contribution in [2.24, 2.45) is 0 Å². The SMILES string of the molecule is Cc1csc(CNS(=O)(=O)c2cnccc2N)n1. The molecule has 2 rings (SSSR count). The molecule has 8 heteroatoms. The molecule has 0 bridgehead atoms. The molecule has 96 valence electrons. The molecule has 0 fully saturated rings. The Labute approximate surface area is 109 Å². The lowest BCUT2D eigenvalue weighted by Crippen LogP contribution is -2.24. The van der Waals surface area contributed by atoms with Gasteiger partial charge in [0, 0.05) is 23.5 Å². The van der Waals surface area contributed by atoms with Gasteiger partial charge < -0.3 is 5.73 Å². The Morgan fingerprint density at radius 2 is 2.28 bits per heavy atom. The lowest BCUT2D eigenvalue weighted by Gasteiger charge is -2.06. The molecule has 2 heterocycles. The molecular weight excluding hydrogens is 272 g/mol. The molecular formula is C10H12N4O2S2. The number of nitrogens with zero attached hydrogens (tertiary/aromatic N) is 2. The van der Waals surface area contributed by atoms with E-state index in [0.29, 0.717) is 5.01 Å². The molecule has 3 N–H and O–H groups in total. The number of rotatable bonds is 4.